The highest BCUT2D eigenvalue weighted by atomic mass is 28.3. The molecule has 82 valence electrons. The van der Waals surface area contributed by atoms with Gasteiger partial charge in [0.1, 0.15) is 0 Å². The summed E-state index contributed by atoms with van der Waals surface area (Å²) in [4.78, 5) is 11.0. The maximum atomic E-state index is 11.0. The summed E-state index contributed by atoms with van der Waals surface area (Å²) in [6.07, 6.45) is 3.14. The summed E-state index contributed by atoms with van der Waals surface area (Å²) >= 11 is 0. The Morgan fingerprint density at radius 3 is 2.14 bits per heavy atom. The van der Waals surface area contributed by atoms with E-state index in [0.29, 0.717) is 0 Å². The molecule has 14 heavy (non-hydrogen) atoms. The largest absolute Gasteiger partial charge is 0.479 e. The van der Waals surface area contributed by atoms with Gasteiger partial charge in [-0.25, -0.2) is 4.79 Å². The van der Waals surface area contributed by atoms with Gasteiger partial charge < -0.3 is 9.84 Å². The molecule has 0 aromatic carbocycles. The number of aliphatic carboxylic acids is 1. The summed E-state index contributed by atoms with van der Waals surface area (Å²) in [6.45, 7) is 8.34. The zero-order chi connectivity index (χ0) is 11.4. The van der Waals surface area contributed by atoms with Gasteiger partial charge in [-0.2, -0.15) is 0 Å². The minimum Gasteiger partial charge on any atom is -0.479 e. The smallest absolute Gasteiger partial charge is 0.333 e. The van der Waals surface area contributed by atoms with Crippen molar-refractivity contribution in [1.29, 1.82) is 0 Å². The number of carboxylic acid groups (broad SMARTS) is 1. The fraction of sp³-hybridized carbons (Fsp3) is 0.700. The summed E-state index contributed by atoms with van der Waals surface area (Å²) in [5.74, 6) is -0.877. The molecule has 0 aliphatic heterocycles. The third kappa shape index (κ3) is 3.63. The molecule has 0 rings (SSSR count). The number of hydrogen-bond acceptors (Lipinski definition) is 2. The molecule has 0 aliphatic carbocycles. The van der Waals surface area contributed by atoms with Crippen molar-refractivity contribution in [2.45, 2.75) is 38.2 Å². The third-order valence-electron chi connectivity index (χ3n) is 2.22. The van der Waals surface area contributed by atoms with Crippen LogP contribution in [0.3, 0.4) is 0 Å². The molecule has 0 aromatic heterocycles. The van der Waals surface area contributed by atoms with Crippen molar-refractivity contribution < 1.29 is 14.6 Å². The van der Waals surface area contributed by atoms with Crippen LogP contribution in [0.1, 0.15) is 6.92 Å². The molecule has 0 saturated heterocycles. The lowest BCUT2D eigenvalue weighted by molar-refractivity contribution is -0.148. The maximum absolute atomic E-state index is 11.0. The number of allylic oxidation sites excluding steroid dienone is 1. The average Bonchev–Trinajstić information content (AvgIpc) is 2.02. The molecule has 3 nitrogen and oxygen atoms in total. The second-order valence-electron chi connectivity index (χ2n) is 4.41. The van der Waals surface area contributed by atoms with Crippen molar-refractivity contribution in [2.24, 2.45) is 0 Å². The highest BCUT2D eigenvalue weighted by Gasteiger charge is 2.35. The van der Waals surface area contributed by atoms with Gasteiger partial charge in [0, 0.05) is 12.7 Å². The highest BCUT2D eigenvalue weighted by molar-refractivity contribution is 6.78. The maximum Gasteiger partial charge on any atom is 0.333 e. The van der Waals surface area contributed by atoms with Crippen molar-refractivity contribution in [3.05, 3.63) is 12.2 Å². The molecule has 1 N–H and O–H groups in total. The van der Waals surface area contributed by atoms with Crippen molar-refractivity contribution in [2.75, 3.05) is 7.11 Å². The number of hydrogen-bond donors (Lipinski definition) is 1. The minimum absolute atomic E-state index is 0.0231. The van der Waals surface area contributed by atoms with Crippen molar-refractivity contribution in [1.82, 2.24) is 0 Å². The first kappa shape index (κ1) is 13.4. The lowest BCUT2D eigenvalue weighted by atomic mass is 10.2. The quantitative estimate of drug-likeness (QED) is 0.567. The van der Waals surface area contributed by atoms with E-state index in [-0.39, 0.29) is 5.54 Å². The molecule has 0 saturated carbocycles. The fourth-order valence-electron chi connectivity index (χ4n) is 1.45. The van der Waals surface area contributed by atoms with Crippen LogP contribution in [-0.2, 0) is 9.53 Å². The molecule has 2 atom stereocenters. The van der Waals surface area contributed by atoms with Crippen molar-refractivity contribution >= 4 is 14.0 Å². The van der Waals surface area contributed by atoms with Crippen LogP contribution in [0.5, 0.6) is 0 Å². The predicted octanol–water partition coefficient (Wildman–Crippen LogP) is 2.37. The summed E-state index contributed by atoms with van der Waals surface area (Å²) in [5, 5.41) is 9.00. The lowest BCUT2D eigenvalue weighted by Gasteiger charge is -2.30. The molecule has 0 spiro atoms. The van der Waals surface area contributed by atoms with Gasteiger partial charge in [-0.15, -0.1) is 0 Å². The third-order valence-corrected chi connectivity index (χ3v) is 4.72. The van der Waals surface area contributed by atoms with Crippen LogP contribution < -0.4 is 0 Å². The monoisotopic (exact) mass is 216 g/mol. The van der Waals surface area contributed by atoms with Gasteiger partial charge in [0.25, 0.3) is 0 Å². The van der Waals surface area contributed by atoms with Gasteiger partial charge in [0.15, 0.2) is 6.10 Å². The molecule has 0 unspecified atom stereocenters. The van der Waals surface area contributed by atoms with Crippen molar-refractivity contribution in [3.8, 4) is 0 Å². The van der Waals surface area contributed by atoms with Crippen LogP contribution in [0.25, 0.3) is 0 Å². The molecular weight excluding hydrogens is 196 g/mol. The topological polar surface area (TPSA) is 46.5 Å². The molecule has 4 heteroatoms. The molecule has 0 fully saturated rings. The van der Waals surface area contributed by atoms with E-state index in [1.165, 1.54) is 7.11 Å². The van der Waals surface area contributed by atoms with Gasteiger partial charge in [0.05, 0.1) is 8.07 Å². The van der Waals surface area contributed by atoms with Crippen LogP contribution in [0, 0.1) is 0 Å². The number of ether oxygens (including phenoxy) is 1. The number of carbonyl (C=O) groups is 1. The summed E-state index contributed by atoms with van der Waals surface area (Å²) in [7, 11) is -0.0933. The molecule has 0 heterocycles. The zero-order valence-corrected chi connectivity index (χ0v) is 10.6. The normalized spacial score (nSPS) is 16.9. The molecule has 0 aliphatic rings. The summed E-state index contributed by atoms with van der Waals surface area (Å²) in [6, 6.07) is 0. The Kier molecular flexibility index (Phi) is 5.08. The second kappa shape index (κ2) is 5.31. The first-order valence-corrected chi connectivity index (χ1v) is 8.30. The van der Waals surface area contributed by atoms with Gasteiger partial charge >= 0.3 is 5.97 Å². The van der Waals surface area contributed by atoms with E-state index in [1.54, 1.807) is 0 Å². The predicted molar refractivity (Wildman–Crippen MR) is 60.3 cm³/mol. The van der Waals surface area contributed by atoms with Gasteiger partial charge in [-0.1, -0.05) is 31.8 Å². The van der Waals surface area contributed by atoms with Crippen LogP contribution in [-0.4, -0.2) is 32.4 Å². The van der Waals surface area contributed by atoms with Gasteiger partial charge in [-0.3, -0.25) is 0 Å². The van der Waals surface area contributed by atoms with Crippen molar-refractivity contribution in [3.63, 3.8) is 0 Å². The first-order valence-electron chi connectivity index (χ1n) is 4.73. The Balaban J connectivity index is 4.88. The van der Waals surface area contributed by atoms with E-state index < -0.39 is 20.1 Å². The highest BCUT2D eigenvalue weighted by Crippen LogP contribution is 2.29. The van der Waals surface area contributed by atoms with Crippen LogP contribution >= 0.6 is 0 Å². The fourth-order valence-corrected chi connectivity index (χ4v) is 3.41. The zero-order valence-electron chi connectivity index (χ0n) is 9.57. The summed E-state index contributed by atoms with van der Waals surface area (Å²) in [5.41, 5.74) is 0.0231. The molecule has 0 radical (unpaired) electrons. The Morgan fingerprint density at radius 1 is 1.43 bits per heavy atom. The Morgan fingerprint density at radius 2 is 1.93 bits per heavy atom. The number of rotatable bonds is 5. The molecule has 0 aromatic rings. The SMILES string of the molecule is C/C=C/[C@H]([C@H](OC)C(=O)O)[Si](C)(C)C. The molecular formula is C10H20O3Si. The van der Waals surface area contributed by atoms with E-state index in [0.717, 1.165) is 0 Å². The molecule has 0 amide bonds. The van der Waals surface area contributed by atoms with Crippen LogP contribution in [0.4, 0.5) is 0 Å². The Hall–Kier alpha value is -0.613. The minimum atomic E-state index is -1.55. The van der Waals surface area contributed by atoms with Crippen LogP contribution in [0.15, 0.2) is 12.2 Å². The van der Waals surface area contributed by atoms with E-state index in [9.17, 15) is 4.79 Å². The van der Waals surface area contributed by atoms with E-state index in [1.807, 2.05) is 19.1 Å². The Labute approximate surface area is 86.8 Å². The average molecular weight is 216 g/mol. The van der Waals surface area contributed by atoms with Gasteiger partial charge in [-0.05, 0) is 6.92 Å². The molecule has 0 bridgehead atoms. The lowest BCUT2D eigenvalue weighted by Crippen LogP contribution is -2.40. The standard InChI is InChI=1S/C10H20O3Si/c1-6-7-8(14(3,4)5)9(13-2)10(11)12/h6-9H,1-5H3,(H,11,12)/b7-6+/t8-,9+/m1/s1. The number of methoxy groups -OCH3 is 1. The van der Waals surface area contributed by atoms with E-state index in [2.05, 4.69) is 19.6 Å². The van der Waals surface area contributed by atoms with E-state index >= 15 is 0 Å². The first-order chi connectivity index (χ1) is 6.34. The summed E-state index contributed by atoms with van der Waals surface area (Å²) < 4.78 is 5.04. The van der Waals surface area contributed by atoms with Gasteiger partial charge in [0.2, 0.25) is 0 Å². The number of carboxylic acids is 1. The Bertz CT molecular complexity index is 218. The van der Waals surface area contributed by atoms with Crippen LogP contribution in [0.2, 0.25) is 25.2 Å². The second-order valence-corrected chi connectivity index (χ2v) is 9.81. The van der Waals surface area contributed by atoms with E-state index in [4.69, 9.17) is 9.84 Å².